The van der Waals surface area contributed by atoms with Gasteiger partial charge in [-0.25, -0.2) is 8.42 Å². The maximum atomic E-state index is 12.4. The highest BCUT2D eigenvalue weighted by Gasteiger charge is 2.24. The highest BCUT2D eigenvalue weighted by molar-refractivity contribution is 7.88. The molecular formula is C14H22N2O4S. The first kappa shape index (κ1) is 17.5. The van der Waals surface area contributed by atoms with Crippen LogP contribution in [0.2, 0.25) is 0 Å². The normalized spacial score (nSPS) is 11.6. The number of nitrogen functional groups attached to an aromatic ring is 1. The molecule has 0 atom stereocenters. The highest BCUT2D eigenvalue weighted by atomic mass is 32.2. The van der Waals surface area contributed by atoms with Crippen molar-refractivity contribution in [2.24, 2.45) is 0 Å². The molecule has 0 bridgehead atoms. The average molecular weight is 314 g/mol. The van der Waals surface area contributed by atoms with E-state index in [0.29, 0.717) is 17.7 Å². The summed E-state index contributed by atoms with van der Waals surface area (Å²) in [6.45, 7) is 3.81. The van der Waals surface area contributed by atoms with Gasteiger partial charge in [-0.3, -0.25) is 4.79 Å². The zero-order chi connectivity index (χ0) is 15.9. The number of hydrogen-bond donors (Lipinski definition) is 1. The molecular weight excluding hydrogens is 292 g/mol. The van der Waals surface area contributed by atoms with Crippen LogP contribution in [0.4, 0.5) is 5.69 Å². The molecule has 21 heavy (non-hydrogen) atoms. The van der Waals surface area contributed by atoms with Gasteiger partial charge in [0.15, 0.2) is 0 Å². The predicted octanol–water partition coefficient (Wildman–Crippen LogP) is 1.37. The third kappa shape index (κ3) is 5.73. The Morgan fingerprint density at radius 1 is 1.24 bits per heavy atom. The number of nitrogens with two attached hydrogens (primary N) is 1. The first-order valence-electron chi connectivity index (χ1n) is 6.87. The molecule has 1 aromatic rings. The van der Waals surface area contributed by atoms with Crippen LogP contribution in [-0.4, -0.2) is 38.4 Å². The Labute approximate surface area is 125 Å². The first-order chi connectivity index (χ1) is 9.89. The third-order valence-electron chi connectivity index (χ3n) is 2.81. The summed E-state index contributed by atoms with van der Waals surface area (Å²) in [4.78, 5) is 11.5. The molecule has 0 unspecified atom stereocenters. The first-order valence-corrected chi connectivity index (χ1v) is 8.47. The Balaban J connectivity index is 2.83. The van der Waals surface area contributed by atoms with Gasteiger partial charge in [0.1, 0.15) is 6.54 Å². The number of esters is 1. The van der Waals surface area contributed by atoms with Gasteiger partial charge in [0.2, 0.25) is 10.0 Å². The van der Waals surface area contributed by atoms with Crippen molar-refractivity contribution in [3.63, 3.8) is 0 Å². The molecule has 0 saturated heterocycles. The van der Waals surface area contributed by atoms with E-state index >= 15 is 0 Å². The molecule has 0 aromatic heterocycles. The van der Waals surface area contributed by atoms with E-state index in [1.54, 1.807) is 31.2 Å². The molecule has 0 fully saturated rings. The summed E-state index contributed by atoms with van der Waals surface area (Å²) in [7, 11) is -3.57. The second kappa shape index (κ2) is 7.99. The van der Waals surface area contributed by atoms with Crippen molar-refractivity contribution >= 4 is 21.7 Å². The van der Waals surface area contributed by atoms with Crippen LogP contribution in [0.3, 0.4) is 0 Å². The molecule has 7 heteroatoms. The Bertz CT molecular complexity index is 555. The van der Waals surface area contributed by atoms with Gasteiger partial charge in [-0.15, -0.1) is 0 Å². The largest absolute Gasteiger partial charge is 0.465 e. The lowest BCUT2D eigenvalue weighted by molar-refractivity contribution is -0.143. The van der Waals surface area contributed by atoms with Gasteiger partial charge in [0, 0.05) is 12.2 Å². The molecule has 0 saturated carbocycles. The smallest absolute Gasteiger partial charge is 0.321 e. The number of carbonyl (C=O) groups is 1. The van der Waals surface area contributed by atoms with E-state index in [9.17, 15) is 13.2 Å². The number of nitrogens with zero attached hydrogens (tertiary/aromatic N) is 1. The minimum Gasteiger partial charge on any atom is -0.465 e. The van der Waals surface area contributed by atoms with Crippen LogP contribution in [0.15, 0.2) is 24.3 Å². The second-order valence-electron chi connectivity index (χ2n) is 4.64. The lowest BCUT2D eigenvalue weighted by Gasteiger charge is -2.20. The second-order valence-corrected chi connectivity index (χ2v) is 6.61. The summed E-state index contributed by atoms with van der Waals surface area (Å²) in [5.74, 6) is -0.695. The molecule has 1 aromatic carbocycles. The topological polar surface area (TPSA) is 89.7 Å². The summed E-state index contributed by atoms with van der Waals surface area (Å²) >= 11 is 0. The van der Waals surface area contributed by atoms with Gasteiger partial charge in [-0.2, -0.15) is 4.31 Å². The number of benzene rings is 1. The molecule has 0 aliphatic rings. The van der Waals surface area contributed by atoms with Gasteiger partial charge >= 0.3 is 5.97 Å². The lowest BCUT2D eigenvalue weighted by atomic mass is 10.2. The molecule has 6 nitrogen and oxygen atoms in total. The molecule has 0 radical (unpaired) electrons. The molecule has 0 aliphatic heterocycles. The van der Waals surface area contributed by atoms with E-state index in [0.717, 1.165) is 0 Å². The average Bonchev–Trinajstić information content (AvgIpc) is 2.41. The fraction of sp³-hybridized carbons (Fsp3) is 0.500. The number of carbonyl (C=O) groups excluding carboxylic acids is 1. The zero-order valence-electron chi connectivity index (χ0n) is 12.4. The summed E-state index contributed by atoms with van der Waals surface area (Å²) in [6, 6.07) is 6.64. The van der Waals surface area contributed by atoms with Crippen molar-refractivity contribution in [1.82, 2.24) is 4.31 Å². The van der Waals surface area contributed by atoms with Crippen LogP contribution in [0.5, 0.6) is 0 Å². The maximum absolute atomic E-state index is 12.4. The quantitative estimate of drug-likeness (QED) is 0.578. The van der Waals surface area contributed by atoms with Crippen molar-refractivity contribution in [3.05, 3.63) is 29.8 Å². The number of ether oxygens (including phenoxy) is 1. The monoisotopic (exact) mass is 314 g/mol. The molecule has 118 valence electrons. The van der Waals surface area contributed by atoms with Gasteiger partial charge in [-0.05, 0) is 31.0 Å². The number of anilines is 1. The SMILES string of the molecule is CCCN(CC(=O)OCC)S(=O)(=O)Cc1ccc(N)cc1. The van der Waals surface area contributed by atoms with E-state index in [1.165, 1.54) is 4.31 Å². The van der Waals surface area contributed by atoms with Crippen molar-refractivity contribution in [3.8, 4) is 0 Å². The maximum Gasteiger partial charge on any atom is 0.321 e. The van der Waals surface area contributed by atoms with Gasteiger partial charge < -0.3 is 10.5 Å². The Morgan fingerprint density at radius 3 is 2.38 bits per heavy atom. The molecule has 1 rings (SSSR count). The van der Waals surface area contributed by atoms with E-state index in [2.05, 4.69) is 0 Å². The van der Waals surface area contributed by atoms with E-state index in [-0.39, 0.29) is 25.4 Å². The van der Waals surface area contributed by atoms with Crippen LogP contribution in [0.25, 0.3) is 0 Å². The lowest BCUT2D eigenvalue weighted by Crippen LogP contribution is -2.37. The van der Waals surface area contributed by atoms with Crippen LogP contribution < -0.4 is 5.73 Å². The van der Waals surface area contributed by atoms with E-state index < -0.39 is 16.0 Å². The minimum absolute atomic E-state index is 0.160. The summed E-state index contributed by atoms with van der Waals surface area (Å²) in [5.41, 5.74) is 6.79. The van der Waals surface area contributed by atoms with Crippen LogP contribution in [0.1, 0.15) is 25.8 Å². The summed E-state index contributed by atoms with van der Waals surface area (Å²) < 4.78 is 30.8. The molecule has 2 N–H and O–H groups in total. The Kier molecular flexibility index (Phi) is 6.64. The molecule has 0 heterocycles. The van der Waals surface area contributed by atoms with Crippen molar-refractivity contribution < 1.29 is 17.9 Å². The van der Waals surface area contributed by atoms with Crippen LogP contribution in [-0.2, 0) is 25.3 Å². The Morgan fingerprint density at radius 2 is 1.86 bits per heavy atom. The van der Waals surface area contributed by atoms with Crippen LogP contribution >= 0.6 is 0 Å². The van der Waals surface area contributed by atoms with Gasteiger partial charge in [0.25, 0.3) is 0 Å². The van der Waals surface area contributed by atoms with Gasteiger partial charge in [-0.1, -0.05) is 19.1 Å². The number of sulfonamides is 1. The van der Waals surface area contributed by atoms with E-state index in [1.807, 2.05) is 6.92 Å². The highest BCUT2D eigenvalue weighted by Crippen LogP contribution is 2.13. The zero-order valence-corrected chi connectivity index (χ0v) is 13.2. The van der Waals surface area contributed by atoms with Crippen molar-refractivity contribution in [1.29, 1.82) is 0 Å². The summed E-state index contributed by atoms with van der Waals surface area (Å²) in [5, 5.41) is 0. The van der Waals surface area contributed by atoms with Crippen molar-refractivity contribution in [2.75, 3.05) is 25.4 Å². The van der Waals surface area contributed by atoms with E-state index in [4.69, 9.17) is 10.5 Å². The summed E-state index contributed by atoms with van der Waals surface area (Å²) in [6.07, 6.45) is 0.625. The minimum atomic E-state index is -3.57. The van der Waals surface area contributed by atoms with Crippen LogP contribution in [0, 0.1) is 0 Å². The van der Waals surface area contributed by atoms with Gasteiger partial charge in [0.05, 0.1) is 12.4 Å². The predicted molar refractivity (Wildman–Crippen MR) is 82.0 cm³/mol. The third-order valence-corrected chi connectivity index (χ3v) is 4.60. The fourth-order valence-electron chi connectivity index (χ4n) is 1.83. The molecule has 0 amide bonds. The Hall–Kier alpha value is -1.60. The molecule has 0 spiro atoms. The molecule has 0 aliphatic carbocycles. The van der Waals surface area contributed by atoms with Crippen molar-refractivity contribution in [2.45, 2.75) is 26.0 Å². The standard InChI is InChI=1S/C14H22N2O4S/c1-3-9-16(10-14(17)20-4-2)21(18,19)11-12-5-7-13(15)8-6-12/h5-8H,3-4,9-11,15H2,1-2H3. The number of rotatable bonds is 8. The fourth-order valence-corrected chi connectivity index (χ4v) is 3.39. The number of hydrogen-bond acceptors (Lipinski definition) is 5.